The first kappa shape index (κ1) is 11.3. The highest BCUT2D eigenvalue weighted by atomic mass is 16.7. The van der Waals surface area contributed by atoms with Crippen LogP contribution in [0.2, 0.25) is 0 Å². The van der Waals surface area contributed by atoms with Crippen molar-refractivity contribution >= 4 is 17.4 Å². The molecular formula is C13H11N3O3. The maximum Gasteiger partial charge on any atom is 0.323 e. The monoisotopic (exact) mass is 257 g/mol. The van der Waals surface area contributed by atoms with Gasteiger partial charge in [-0.1, -0.05) is 0 Å². The van der Waals surface area contributed by atoms with Crippen LogP contribution in [0.5, 0.6) is 11.5 Å². The van der Waals surface area contributed by atoms with Crippen molar-refractivity contribution in [3.05, 3.63) is 42.7 Å². The van der Waals surface area contributed by atoms with Crippen LogP contribution in [0, 0.1) is 0 Å². The first-order valence-electron chi connectivity index (χ1n) is 5.69. The van der Waals surface area contributed by atoms with E-state index in [-0.39, 0.29) is 12.8 Å². The average Bonchev–Trinajstić information content (AvgIpc) is 2.87. The van der Waals surface area contributed by atoms with Crippen LogP contribution in [-0.2, 0) is 0 Å². The smallest absolute Gasteiger partial charge is 0.323 e. The van der Waals surface area contributed by atoms with Crippen molar-refractivity contribution in [2.75, 3.05) is 17.4 Å². The first-order chi connectivity index (χ1) is 9.31. The van der Waals surface area contributed by atoms with Gasteiger partial charge in [-0.3, -0.25) is 4.98 Å². The molecule has 0 unspecified atom stereocenters. The van der Waals surface area contributed by atoms with Gasteiger partial charge in [0.1, 0.15) is 0 Å². The number of fused-ring (bicyclic) bond motifs is 1. The first-order valence-corrected chi connectivity index (χ1v) is 5.69. The number of amides is 2. The number of ether oxygens (including phenoxy) is 2. The number of hydrogen-bond acceptors (Lipinski definition) is 4. The summed E-state index contributed by atoms with van der Waals surface area (Å²) in [6.07, 6.45) is 3.21. The zero-order valence-corrected chi connectivity index (χ0v) is 9.92. The Morgan fingerprint density at radius 1 is 1.00 bits per heavy atom. The molecule has 1 aliphatic heterocycles. The van der Waals surface area contributed by atoms with E-state index in [0.29, 0.717) is 22.9 Å². The van der Waals surface area contributed by atoms with Gasteiger partial charge >= 0.3 is 6.03 Å². The largest absolute Gasteiger partial charge is 0.454 e. The molecule has 2 aromatic rings. The molecule has 19 heavy (non-hydrogen) atoms. The van der Waals surface area contributed by atoms with Gasteiger partial charge in [-0.05, 0) is 24.3 Å². The molecule has 3 rings (SSSR count). The summed E-state index contributed by atoms with van der Waals surface area (Å²) in [5.41, 5.74) is 1.31. The molecule has 2 N–H and O–H groups in total. The molecule has 0 spiro atoms. The summed E-state index contributed by atoms with van der Waals surface area (Å²) in [6, 6.07) is 8.31. The molecule has 2 amide bonds. The molecule has 0 radical (unpaired) electrons. The summed E-state index contributed by atoms with van der Waals surface area (Å²) >= 11 is 0. The van der Waals surface area contributed by atoms with Gasteiger partial charge in [-0.15, -0.1) is 0 Å². The minimum atomic E-state index is -0.329. The van der Waals surface area contributed by atoms with Crippen LogP contribution < -0.4 is 20.1 Å². The van der Waals surface area contributed by atoms with Gasteiger partial charge in [-0.25, -0.2) is 4.79 Å². The second kappa shape index (κ2) is 4.85. The zero-order chi connectivity index (χ0) is 13.1. The number of carbonyl (C=O) groups excluding carboxylic acids is 1. The summed E-state index contributed by atoms with van der Waals surface area (Å²) in [4.78, 5) is 15.6. The lowest BCUT2D eigenvalue weighted by molar-refractivity contribution is 0.174. The molecule has 0 saturated carbocycles. The van der Waals surface area contributed by atoms with E-state index < -0.39 is 0 Å². The van der Waals surface area contributed by atoms with Gasteiger partial charge < -0.3 is 20.1 Å². The third kappa shape index (κ3) is 2.57. The number of aromatic nitrogens is 1. The van der Waals surface area contributed by atoms with Gasteiger partial charge in [0.15, 0.2) is 11.5 Å². The highest BCUT2D eigenvalue weighted by molar-refractivity contribution is 5.99. The van der Waals surface area contributed by atoms with Crippen LogP contribution in [0.15, 0.2) is 42.7 Å². The fraction of sp³-hybridized carbons (Fsp3) is 0.0769. The number of pyridine rings is 1. The van der Waals surface area contributed by atoms with Gasteiger partial charge in [0, 0.05) is 29.8 Å². The summed E-state index contributed by atoms with van der Waals surface area (Å²) in [6.45, 7) is 0.210. The Morgan fingerprint density at radius 2 is 1.74 bits per heavy atom. The Bertz CT molecular complexity index is 601. The lowest BCUT2D eigenvalue weighted by Gasteiger charge is -2.07. The van der Waals surface area contributed by atoms with E-state index in [1.807, 2.05) is 0 Å². The molecule has 1 aromatic carbocycles. The van der Waals surface area contributed by atoms with Crippen LogP contribution in [0.3, 0.4) is 0 Å². The Kier molecular flexibility index (Phi) is 2.89. The highest BCUT2D eigenvalue weighted by Gasteiger charge is 2.14. The van der Waals surface area contributed by atoms with Gasteiger partial charge in [0.2, 0.25) is 6.79 Å². The quantitative estimate of drug-likeness (QED) is 0.866. The number of rotatable bonds is 2. The molecule has 6 heteroatoms. The number of anilines is 2. The molecular weight excluding hydrogens is 246 g/mol. The SMILES string of the molecule is O=C(Nc1ccncc1)Nc1ccc2c(c1)OCO2. The summed E-state index contributed by atoms with van der Waals surface area (Å²) in [7, 11) is 0. The molecule has 0 aliphatic carbocycles. The maximum atomic E-state index is 11.8. The van der Waals surface area contributed by atoms with E-state index in [2.05, 4.69) is 15.6 Å². The van der Waals surface area contributed by atoms with E-state index in [4.69, 9.17) is 9.47 Å². The second-order valence-corrected chi connectivity index (χ2v) is 3.88. The van der Waals surface area contributed by atoms with Crippen molar-refractivity contribution < 1.29 is 14.3 Å². The van der Waals surface area contributed by atoms with E-state index in [1.165, 1.54) is 0 Å². The number of benzene rings is 1. The van der Waals surface area contributed by atoms with Crippen LogP contribution in [-0.4, -0.2) is 17.8 Å². The van der Waals surface area contributed by atoms with E-state index in [0.717, 1.165) is 0 Å². The summed E-state index contributed by atoms with van der Waals surface area (Å²) in [5.74, 6) is 1.31. The standard InChI is InChI=1S/C13H11N3O3/c17-13(15-9-3-5-14-6-4-9)16-10-1-2-11-12(7-10)19-8-18-11/h1-7H,8H2,(H2,14,15,16,17). The maximum absolute atomic E-state index is 11.8. The van der Waals surface area contributed by atoms with Crippen molar-refractivity contribution in [1.29, 1.82) is 0 Å². The fourth-order valence-electron chi connectivity index (χ4n) is 1.70. The summed E-state index contributed by atoms with van der Waals surface area (Å²) in [5, 5.41) is 5.41. The van der Waals surface area contributed by atoms with Crippen molar-refractivity contribution in [2.45, 2.75) is 0 Å². The Balaban J connectivity index is 1.66. The molecule has 2 heterocycles. The van der Waals surface area contributed by atoms with Crippen LogP contribution in [0.1, 0.15) is 0 Å². The van der Waals surface area contributed by atoms with Crippen molar-refractivity contribution in [3.8, 4) is 11.5 Å². The van der Waals surface area contributed by atoms with Crippen LogP contribution >= 0.6 is 0 Å². The lowest BCUT2D eigenvalue weighted by Crippen LogP contribution is -2.19. The third-order valence-corrected chi connectivity index (χ3v) is 2.57. The second-order valence-electron chi connectivity index (χ2n) is 3.88. The minimum Gasteiger partial charge on any atom is -0.454 e. The number of nitrogens with one attached hydrogen (secondary N) is 2. The van der Waals surface area contributed by atoms with E-state index >= 15 is 0 Å². The molecule has 1 aromatic heterocycles. The number of carbonyl (C=O) groups is 1. The van der Waals surface area contributed by atoms with Gasteiger partial charge in [0.25, 0.3) is 0 Å². The van der Waals surface area contributed by atoms with Crippen molar-refractivity contribution in [2.24, 2.45) is 0 Å². The lowest BCUT2D eigenvalue weighted by atomic mass is 10.3. The molecule has 0 saturated heterocycles. The molecule has 0 atom stereocenters. The number of nitrogens with zero attached hydrogens (tertiary/aromatic N) is 1. The Morgan fingerprint density at radius 3 is 2.58 bits per heavy atom. The normalized spacial score (nSPS) is 12.0. The molecule has 6 nitrogen and oxygen atoms in total. The Hall–Kier alpha value is -2.76. The predicted molar refractivity (Wildman–Crippen MR) is 69.4 cm³/mol. The van der Waals surface area contributed by atoms with E-state index in [1.54, 1.807) is 42.7 Å². The number of hydrogen-bond donors (Lipinski definition) is 2. The third-order valence-electron chi connectivity index (χ3n) is 2.57. The Labute approximate surface area is 109 Å². The fourth-order valence-corrected chi connectivity index (χ4v) is 1.70. The molecule has 0 bridgehead atoms. The van der Waals surface area contributed by atoms with Crippen molar-refractivity contribution in [1.82, 2.24) is 4.98 Å². The minimum absolute atomic E-state index is 0.210. The van der Waals surface area contributed by atoms with Gasteiger partial charge in [-0.2, -0.15) is 0 Å². The van der Waals surface area contributed by atoms with E-state index in [9.17, 15) is 4.79 Å². The van der Waals surface area contributed by atoms with Gasteiger partial charge in [0.05, 0.1) is 0 Å². The van der Waals surface area contributed by atoms with Crippen LogP contribution in [0.4, 0.5) is 16.2 Å². The predicted octanol–water partition coefficient (Wildman–Crippen LogP) is 2.45. The van der Waals surface area contributed by atoms with Crippen LogP contribution in [0.25, 0.3) is 0 Å². The molecule has 1 aliphatic rings. The topological polar surface area (TPSA) is 72.5 Å². The molecule has 96 valence electrons. The molecule has 0 fully saturated rings. The summed E-state index contributed by atoms with van der Waals surface area (Å²) < 4.78 is 10.4. The van der Waals surface area contributed by atoms with Crippen molar-refractivity contribution in [3.63, 3.8) is 0 Å². The average molecular weight is 257 g/mol. The number of urea groups is 1. The highest BCUT2D eigenvalue weighted by Crippen LogP contribution is 2.34. The zero-order valence-electron chi connectivity index (χ0n) is 9.92.